The number of alkyl halides is 2. The van der Waals surface area contributed by atoms with Gasteiger partial charge in [-0.3, -0.25) is 0 Å². The third kappa shape index (κ3) is 3.62. The zero-order valence-electron chi connectivity index (χ0n) is 6.50. The minimum Gasteiger partial charge on any atom is -0.311 e. The van der Waals surface area contributed by atoms with Crippen molar-refractivity contribution in [2.24, 2.45) is 0 Å². The fourth-order valence-electron chi connectivity index (χ4n) is 1.11. The largest absolute Gasteiger partial charge is 0.311 e. The minimum atomic E-state index is -2.58. The predicted octanol–water partition coefficient (Wildman–Crippen LogP) is 0.595. The second-order valence-electron chi connectivity index (χ2n) is 2.92. The van der Waals surface area contributed by atoms with Crippen molar-refractivity contribution in [1.29, 1.82) is 0 Å². The van der Waals surface area contributed by atoms with Crippen LogP contribution in [0.5, 0.6) is 0 Å². The molecule has 1 aliphatic heterocycles. The SMILES string of the molecule is FC1(F)CNCCCCNC1. The standard InChI is InChI=1S/C7H14F2N2/c8-7(9)5-10-3-1-2-4-11-6-7/h10-11H,1-6H2. The normalized spacial score (nSPS) is 26.7. The van der Waals surface area contributed by atoms with E-state index in [0.29, 0.717) is 13.1 Å². The molecule has 0 aromatic heterocycles. The number of hydrogen-bond donors (Lipinski definition) is 2. The van der Waals surface area contributed by atoms with E-state index in [1.807, 2.05) is 0 Å². The summed E-state index contributed by atoms with van der Waals surface area (Å²) < 4.78 is 25.4. The summed E-state index contributed by atoms with van der Waals surface area (Å²) in [4.78, 5) is 0. The smallest absolute Gasteiger partial charge is 0.272 e. The first-order chi connectivity index (χ1) is 5.21. The van der Waals surface area contributed by atoms with Crippen LogP contribution in [0.3, 0.4) is 0 Å². The zero-order chi connectivity index (χ0) is 8.16. The van der Waals surface area contributed by atoms with Crippen molar-refractivity contribution in [3.8, 4) is 0 Å². The highest BCUT2D eigenvalue weighted by molar-refractivity contribution is 4.73. The highest BCUT2D eigenvalue weighted by Gasteiger charge is 2.27. The molecule has 0 aliphatic carbocycles. The topological polar surface area (TPSA) is 24.1 Å². The zero-order valence-corrected chi connectivity index (χ0v) is 6.50. The van der Waals surface area contributed by atoms with E-state index in [1.54, 1.807) is 0 Å². The van der Waals surface area contributed by atoms with Crippen molar-refractivity contribution < 1.29 is 8.78 Å². The lowest BCUT2D eigenvalue weighted by Gasteiger charge is -2.15. The molecule has 0 saturated carbocycles. The molecule has 2 nitrogen and oxygen atoms in total. The van der Waals surface area contributed by atoms with Crippen LogP contribution >= 0.6 is 0 Å². The summed E-state index contributed by atoms with van der Waals surface area (Å²) in [5, 5.41) is 5.46. The van der Waals surface area contributed by atoms with Gasteiger partial charge in [-0.2, -0.15) is 0 Å². The lowest BCUT2D eigenvalue weighted by Crippen LogP contribution is -2.40. The number of rotatable bonds is 0. The van der Waals surface area contributed by atoms with Gasteiger partial charge in [0.25, 0.3) is 5.92 Å². The van der Waals surface area contributed by atoms with E-state index < -0.39 is 5.92 Å². The maximum absolute atomic E-state index is 12.7. The van der Waals surface area contributed by atoms with Gasteiger partial charge in [-0.25, -0.2) is 8.78 Å². The molecular formula is C7H14F2N2. The van der Waals surface area contributed by atoms with Crippen molar-refractivity contribution in [1.82, 2.24) is 10.6 Å². The Balaban J connectivity index is 2.31. The molecule has 1 heterocycles. The molecule has 66 valence electrons. The van der Waals surface area contributed by atoms with Crippen molar-refractivity contribution >= 4 is 0 Å². The van der Waals surface area contributed by atoms with E-state index >= 15 is 0 Å². The predicted molar refractivity (Wildman–Crippen MR) is 39.9 cm³/mol. The summed E-state index contributed by atoms with van der Waals surface area (Å²) in [7, 11) is 0. The highest BCUT2D eigenvalue weighted by atomic mass is 19.3. The second kappa shape index (κ2) is 3.97. The van der Waals surface area contributed by atoms with E-state index in [-0.39, 0.29) is 13.1 Å². The number of hydrogen-bond acceptors (Lipinski definition) is 2. The maximum atomic E-state index is 12.7. The average Bonchev–Trinajstić information content (AvgIpc) is 2.00. The van der Waals surface area contributed by atoms with E-state index in [9.17, 15) is 8.78 Å². The van der Waals surface area contributed by atoms with E-state index in [1.165, 1.54) is 0 Å². The van der Waals surface area contributed by atoms with Crippen LogP contribution in [0.25, 0.3) is 0 Å². The third-order valence-corrected chi connectivity index (χ3v) is 1.72. The number of nitrogens with one attached hydrogen (secondary N) is 2. The minimum absolute atomic E-state index is 0.194. The molecule has 0 unspecified atom stereocenters. The van der Waals surface area contributed by atoms with Crippen LogP contribution in [0.15, 0.2) is 0 Å². The Morgan fingerprint density at radius 3 is 1.82 bits per heavy atom. The molecule has 4 heteroatoms. The Morgan fingerprint density at radius 1 is 0.909 bits per heavy atom. The summed E-state index contributed by atoms with van der Waals surface area (Å²) in [6.45, 7) is 1.02. The fourth-order valence-corrected chi connectivity index (χ4v) is 1.11. The quantitative estimate of drug-likeness (QED) is 0.547. The van der Waals surface area contributed by atoms with E-state index in [2.05, 4.69) is 10.6 Å². The Bertz CT molecular complexity index is 105. The van der Waals surface area contributed by atoms with Crippen molar-refractivity contribution in [3.63, 3.8) is 0 Å². The molecule has 0 amide bonds. The first kappa shape index (κ1) is 8.87. The molecule has 0 bridgehead atoms. The maximum Gasteiger partial charge on any atom is 0.272 e. The molecule has 0 aromatic carbocycles. The third-order valence-electron chi connectivity index (χ3n) is 1.72. The fraction of sp³-hybridized carbons (Fsp3) is 1.00. The first-order valence-electron chi connectivity index (χ1n) is 4.00. The molecule has 1 aliphatic rings. The lowest BCUT2D eigenvalue weighted by atomic mass is 10.3. The molecule has 0 radical (unpaired) electrons. The van der Waals surface area contributed by atoms with Crippen molar-refractivity contribution in [2.75, 3.05) is 26.2 Å². The van der Waals surface area contributed by atoms with Crippen LogP contribution < -0.4 is 10.6 Å². The Morgan fingerprint density at radius 2 is 1.36 bits per heavy atom. The van der Waals surface area contributed by atoms with Gasteiger partial charge < -0.3 is 10.6 Å². The molecule has 1 rings (SSSR count). The van der Waals surface area contributed by atoms with Crippen LogP contribution in [0, 0.1) is 0 Å². The van der Waals surface area contributed by atoms with Crippen LogP contribution in [-0.4, -0.2) is 32.1 Å². The van der Waals surface area contributed by atoms with Gasteiger partial charge in [0.05, 0.1) is 13.1 Å². The van der Waals surface area contributed by atoms with Gasteiger partial charge >= 0.3 is 0 Å². The molecule has 11 heavy (non-hydrogen) atoms. The molecule has 1 fully saturated rings. The highest BCUT2D eigenvalue weighted by Crippen LogP contribution is 2.10. The van der Waals surface area contributed by atoms with Gasteiger partial charge in [0, 0.05) is 0 Å². The van der Waals surface area contributed by atoms with E-state index in [0.717, 1.165) is 12.8 Å². The molecule has 0 aromatic rings. The van der Waals surface area contributed by atoms with Gasteiger partial charge in [0.2, 0.25) is 0 Å². The first-order valence-corrected chi connectivity index (χ1v) is 4.00. The second-order valence-corrected chi connectivity index (χ2v) is 2.92. The molecule has 2 N–H and O–H groups in total. The van der Waals surface area contributed by atoms with E-state index in [4.69, 9.17) is 0 Å². The summed E-state index contributed by atoms with van der Waals surface area (Å²) in [6, 6.07) is 0. The van der Waals surface area contributed by atoms with Crippen LogP contribution in [0.4, 0.5) is 8.78 Å². The van der Waals surface area contributed by atoms with Crippen LogP contribution in [0.2, 0.25) is 0 Å². The molecular weight excluding hydrogens is 150 g/mol. The van der Waals surface area contributed by atoms with Gasteiger partial charge in [-0.1, -0.05) is 0 Å². The van der Waals surface area contributed by atoms with Gasteiger partial charge in [-0.05, 0) is 25.9 Å². The summed E-state index contributed by atoms with van der Waals surface area (Å²) in [5.74, 6) is -2.58. The summed E-state index contributed by atoms with van der Waals surface area (Å²) in [6.07, 6.45) is 1.95. The molecule has 0 atom stereocenters. The Hall–Kier alpha value is -0.220. The lowest BCUT2D eigenvalue weighted by molar-refractivity contribution is 0.00506. The number of halogens is 2. The van der Waals surface area contributed by atoms with Crippen molar-refractivity contribution in [2.45, 2.75) is 18.8 Å². The average molecular weight is 164 g/mol. The van der Waals surface area contributed by atoms with Crippen molar-refractivity contribution in [3.05, 3.63) is 0 Å². The Labute approximate surface area is 65.4 Å². The Kier molecular flexibility index (Phi) is 3.20. The molecule has 0 spiro atoms. The van der Waals surface area contributed by atoms with Crippen LogP contribution in [0.1, 0.15) is 12.8 Å². The van der Waals surface area contributed by atoms with Crippen LogP contribution in [-0.2, 0) is 0 Å². The van der Waals surface area contributed by atoms with Gasteiger partial charge in [0.1, 0.15) is 0 Å². The summed E-state index contributed by atoms with van der Waals surface area (Å²) in [5.41, 5.74) is 0. The molecule has 1 saturated heterocycles. The van der Waals surface area contributed by atoms with Gasteiger partial charge in [-0.15, -0.1) is 0 Å². The van der Waals surface area contributed by atoms with Gasteiger partial charge in [0.15, 0.2) is 0 Å². The summed E-state index contributed by atoms with van der Waals surface area (Å²) >= 11 is 0. The monoisotopic (exact) mass is 164 g/mol.